The smallest absolute Gasteiger partial charge is 0.334 e. The van der Waals surface area contributed by atoms with Crippen molar-refractivity contribution in [2.45, 2.75) is 70.6 Å². The molecule has 1 heterocycles. The van der Waals surface area contributed by atoms with Gasteiger partial charge in [-0.15, -0.1) is 0 Å². The van der Waals surface area contributed by atoms with Gasteiger partial charge in [0.2, 0.25) is 17.7 Å². The van der Waals surface area contributed by atoms with Crippen LogP contribution in [0.15, 0.2) is 42.5 Å². The van der Waals surface area contributed by atoms with Crippen LogP contribution >= 0.6 is 12.2 Å². The van der Waals surface area contributed by atoms with Gasteiger partial charge in [-0.05, 0) is 66.6 Å². The maximum Gasteiger partial charge on any atom is 0.334 e. The quantitative estimate of drug-likeness (QED) is 0.108. The molecular formula is C34H49N5O7S. The van der Waals surface area contributed by atoms with Gasteiger partial charge >= 0.3 is 5.97 Å². The highest BCUT2D eigenvalue weighted by Gasteiger charge is 2.33. The number of unbranched alkanes of at least 4 members (excludes halogenated alkanes) is 1. The molecule has 3 unspecified atom stereocenters. The van der Waals surface area contributed by atoms with Crippen molar-refractivity contribution >= 4 is 51.8 Å². The van der Waals surface area contributed by atoms with Gasteiger partial charge in [-0.1, -0.05) is 56.3 Å². The predicted molar refractivity (Wildman–Crippen MR) is 184 cm³/mol. The lowest BCUT2D eigenvalue weighted by Crippen LogP contribution is -2.55. The number of hydrogen-bond donors (Lipinski definition) is 6. The van der Waals surface area contributed by atoms with Crippen LogP contribution in [0.1, 0.15) is 51.5 Å². The third-order valence-electron chi connectivity index (χ3n) is 8.25. The summed E-state index contributed by atoms with van der Waals surface area (Å²) in [7, 11) is 1.71. The van der Waals surface area contributed by atoms with Gasteiger partial charge in [-0.3, -0.25) is 14.4 Å². The van der Waals surface area contributed by atoms with Gasteiger partial charge in [0.15, 0.2) is 11.2 Å². The Bertz CT molecular complexity index is 1360. The summed E-state index contributed by atoms with van der Waals surface area (Å²) in [5, 5.41) is 33.8. The van der Waals surface area contributed by atoms with E-state index in [4.69, 9.17) is 17.0 Å². The zero-order chi connectivity index (χ0) is 34.3. The van der Waals surface area contributed by atoms with Gasteiger partial charge in [0.1, 0.15) is 6.04 Å². The number of fused-ring (bicyclic) bond motifs is 1. The number of carboxylic acid groups (broad SMARTS) is 1. The standard InChI is InChI=1S/C34H49N5O7S/c1-22(2)19-28(30(41)33(44)45)38-32(43)27(13-6-7-14-36-34(47)35-3)37-31(42)25(21-29(40)39-15-17-46-18-16-39)20-24-11-8-10-23-9-4-5-12-26(23)24/h4-5,8-12,22,25,27-28,30,41H,6-7,13-21H2,1-3H3,(H,37,42)(H,38,43)(H,44,45)(H2,35,36,47)/t25?,27?,28?,30-/m1/s1. The minimum atomic E-state index is -1.81. The van der Waals surface area contributed by atoms with Gasteiger partial charge < -0.3 is 41.1 Å². The van der Waals surface area contributed by atoms with Crippen molar-refractivity contribution < 1.29 is 34.1 Å². The Labute approximate surface area is 282 Å². The van der Waals surface area contributed by atoms with Crippen LogP contribution in [-0.4, -0.2) is 102 Å². The average molecular weight is 672 g/mol. The molecule has 0 aromatic heterocycles. The maximum absolute atomic E-state index is 14.1. The second-order valence-corrected chi connectivity index (χ2v) is 12.7. The van der Waals surface area contributed by atoms with Crippen molar-refractivity contribution in [1.82, 2.24) is 26.2 Å². The fourth-order valence-corrected chi connectivity index (χ4v) is 5.80. The van der Waals surface area contributed by atoms with Gasteiger partial charge in [-0.2, -0.15) is 0 Å². The number of ether oxygens (including phenoxy) is 1. The van der Waals surface area contributed by atoms with Crippen LogP contribution in [0.3, 0.4) is 0 Å². The van der Waals surface area contributed by atoms with Crippen molar-refractivity contribution in [2.75, 3.05) is 39.9 Å². The van der Waals surface area contributed by atoms with Gasteiger partial charge in [0.25, 0.3) is 0 Å². The van der Waals surface area contributed by atoms with Crippen molar-refractivity contribution in [2.24, 2.45) is 11.8 Å². The van der Waals surface area contributed by atoms with Gasteiger partial charge in [0, 0.05) is 33.1 Å². The monoisotopic (exact) mass is 671 g/mol. The third-order valence-corrected chi connectivity index (χ3v) is 8.60. The number of nitrogens with one attached hydrogen (secondary N) is 4. The highest BCUT2D eigenvalue weighted by atomic mass is 32.1. The van der Waals surface area contributed by atoms with Crippen LogP contribution in [0.25, 0.3) is 10.8 Å². The number of morpholine rings is 1. The Hall–Kier alpha value is -3.81. The molecule has 2 aromatic carbocycles. The molecule has 47 heavy (non-hydrogen) atoms. The number of nitrogens with zero attached hydrogens (tertiary/aromatic N) is 1. The van der Waals surface area contributed by atoms with E-state index < -0.39 is 41.9 Å². The van der Waals surface area contributed by atoms with Crippen molar-refractivity contribution in [3.63, 3.8) is 0 Å². The molecular weight excluding hydrogens is 622 g/mol. The SMILES string of the molecule is CNC(=S)NCCCCC(NC(=O)C(CC(=O)N1CCOCC1)Cc1cccc2ccccc12)C(=O)NC(CC(C)C)[C@@H](O)C(=O)O. The number of hydrogen-bond acceptors (Lipinski definition) is 7. The molecule has 13 heteroatoms. The van der Waals surface area contributed by atoms with Crippen molar-refractivity contribution in [3.8, 4) is 0 Å². The first kappa shape index (κ1) is 37.6. The lowest BCUT2D eigenvalue weighted by molar-refractivity contribution is -0.149. The molecule has 1 aliphatic heterocycles. The molecule has 2 aromatic rings. The lowest BCUT2D eigenvalue weighted by atomic mass is 9.91. The van der Waals surface area contributed by atoms with Crippen LogP contribution in [0, 0.1) is 11.8 Å². The summed E-state index contributed by atoms with van der Waals surface area (Å²) in [6, 6.07) is 11.6. The second kappa shape index (κ2) is 19.1. The average Bonchev–Trinajstić information content (AvgIpc) is 3.06. The number of carboxylic acids is 1. The summed E-state index contributed by atoms with van der Waals surface area (Å²) < 4.78 is 5.40. The van der Waals surface area contributed by atoms with E-state index in [1.54, 1.807) is 11.9 Å². The molecule has 1 fully saturated rings. The van der Waals surface area contributed by atoms with Crippen LogP contribution in [0.2, 0.25) is 0 Å². The molecule has 4 atom stereocenters. The molecule has 3 amide bonds. The van der Waals surface area contributed by atoms with E-state index in [9.17, 15) is 29.4 Å². The first-order chi connectivity index (χ1) is 22.5. The Morgan fingerprint density at radius 3 is 2.36 bits per heavy atom. The molecule has 12 nitrogen and oxygen atoms in total. The zero-order valence-corrected chi connectivity index (χ0v) is 28.3. The highest BCUT2D eigenvalue weighted by molar-refractivity contribution is 7.80. The van der Waals surface area contributed by atoms with E-state index in [0.717, 1.165) is 16.3 Å². The minimum absolute atomic E-state index is 0.0132. The summed E-state index contributed by atoms with van der Waals surface area (Å²) in [5.74, 6) is -3.44. The normalized spacial score (nSPS) is 15.7. The number of thiocarbonyl (C=S) groups is 1. The number of amides is 3. The van der Waals surface area contributed by atoms with Crippen LogP contribution in [-0.2, 0) is 30.3 Å². The number of carbonyl (C=O) groups excluding carboxylic acids is 3. The predicted octanol–water partition coefficient (Wildman–Crippen LogP) is 1.97. The molecule has 1 saturated heterocycles. The molecule has 0 radical (unpaired) electrons. The Kier molecular flexibility index (Phi) is 15.3. The molecule has 0 aliphatic carbocycles. The Morgan fingerprint density at radius 2 is 1.68 bits per heavy atom. The molecule has 3 rings (SSSR count). The molecule has 258 valence electrons. The van der Waals surface area contributed by atoms with Gasteiger partial charge in [0.05, 0.1) is 25.2 Å². The summed E-state index contributed by atoms with van der Waals surface area (Å²) in [6.45, 7) is 6.02. The summed E-state index contributed by atoms with van der Waals surface area (Å²) in [6.07, 6.45) is 0.0666. The largest absolute Gasteiger partial charge is 0.479 e. The second-order valence-electron chi connectivity index (χ2n) is 12.3. The molecule has 0 saturated carbocycles. The topological polar surface area (TPSA) is 169 Å². The lowest BCUT2D eigenvalue weighted by Gasteiger charge is -2.29. The number of aliphatic hydroxyl groups is 1. The van der Waals surface area contributed by atoms with Crippen LogP contribution in [0.5, 0.6) is 0 Å². The number of carbonyl (C=O) groups is 4. The number of rotatable bonds is 17. The molecule has 6 N–H and O–H groups in total. The number of aliphatic carboxylic acids is 1. The van der Waals surface area contributed by atoms with E-state index in [2.05, 4.69) is 21.3 Å². The third kappa shape index (κ3) is 12.1. The first-order valence-corrected chi connectivity index (χ1v) is 16.7. The van der Waals surface area contributed by atoms with E-state index in [1.807, 2.05) is 56.3 Å². The van der Waals surface area contributed by atoms with Crippen LogP contribution < -0.4 is 21.3 Å². The summed E-state index contributed by atoms with van der Waals surface area (Å²) in [4.78, 5) is 54.5. The molecule has 0 spiro atoms. The van der Waals surface area contributed by atoms with E-state index in [-0.39, 0.29) is 37.5 Å². The number of aliphatic hydroxyl groups excluding tert-OH is 1. The first-order valence-electron chi connectivity index (χ1n) is 16.3. The fraction of sp³-hybridized carbons (Fsp3) is 0.559. The highest BCUT2D eigenvalue weighted by Crippen LogP contribution is 2.24. The van der Waals surface area contributed by atoms with Gasteiger partial charge in [-0.25, -0.2) is 4.79 Å². The van der Waals surface area contributed by atoms with E-state index >= 15 is 0 Å². The summed E-state index contributed by atoms with van der Waals surface area (Å²) in [5.41, 5.74) is 0.909. The number of benzene rings is 2. The fourth-order valence-electron chi connectivity index (χ4n) is 5.70. The van der Waals surface area contributed by atoms with E-state index in [1.165, 1.54) is 0 Å². The minimum Gasteiger partial charge on any atom is -0.479 e. The maximum atomic E-state index is 14.1. The summed E-state index contributed by atoms with van der Waals surface area (Å²) >= 11 is 5.12. The Balaban J connectivity index is 1.85. The van der Waals surface area contributed by atoms with Crippen LogP contribution in [0.4, 0.5) is 0 Å². The van der Waals surface area contributed by atoms with Crippen molar-refractivity contribution in [3.05, 3.63) is 48.0 Å². The molecule has 1 aliphatic rings. The Morgan fingerprint density at radius 1 is 0.979 bits per heavy atom. The molecule has 0 bridgehead atoms. The zero-order valence-electron chi connectivity index (χ0n) is 27.5. The van der Waals surface area contributed by atoms with E-state index in [0.29, 0.717) is 50.8 Å². The van der Waals surface area contributed by atoms with Crippen molar-refractivity contribution in [1.29, 1.82) is 0 Å².